The Labute approximate surface area is 123 Å². The zero-order chi connectivity index (χ0) is 14.8. The van der Waals surface area contributed by atoms with E-state index in [4.69, 9.17) is 4.74 Å². The molecule has 0 aliphatic rings. The Hall–Kier alpha value is -2.55. The fourth-order valence-corrected chi connectivity index (χ4v) is 2.56. The van der Waals surface area contributed by atoms with E-state index in [0.29, 0.717) is 12.2 Å². The highest BCUT2D eigenvalue weighted by atomic mass is 16.5. The van der Waals surface area contributed by atoms with Crippen molar-refractivity contribution >= 4 is 16.9 Å². The largest absolute Gasteiger partial charge is 0.462 e. The SMILES string of the molecule is CCOC(=O)c1ccc2[nH]c(-c3ccccc3)c(C)c2c1. The summed E-state index contributed by atoms with van der Waals surface area (Å²) in [7, 11) is 0. The summed E-state index contributed by atoms with van der Waals surface area (Å²) in [6, 6.07) is 15.8. The Morgan fingerprint density at radius 1 is 1.14 bits per heavy atom. The number of nitrogens with one attached hydrogen (secondary N) is 1. The lowest BCUT2D eigenvalue weighted by Gasteiger charge is -2.02. The summed E-state index contributed by atoms with van der Waals surface area (Å²) in [4.78, 5) is 15.3. The van der Waals surface area contributed by atoms with E-state index >= 15 is 0 Å². The van der Waals surface area contributed by atoms with Crippen LogP contribution in [0.2, 0.25) is 0 Å². The van der Waals surface area contributed by atoms with Crippen molar-refractivity contribution < 1.29 is 9.53 Å². The number of carbonyl (C=O) groups is 1. The first-order valence-electron chi connectivity index (χ1n) is 7.05. The summed E-state index contributed by atoms with van der Waals surface area (Å²) in [6.45, 7) is 4.26. The van der Waals surface area contributed by atoms with Gasteiger partial charge in [-0.15, -0.1) is 0 Å². The predicted octanol–water partition coefficient (Wildman–Crippen LogP) is 4.32. The second-order valence-corrected chi connectivity index (χ2v) is 4.97. The average molecular weight is 279 g/mol. The second kappa shape index (κ2) is 5.44. The number of ether oxygens (including phenoxy) is 1. The van der Waals surface area contributed by atoms with Crippen molar-refractivity contribution in [1.82, 2.24) is 4.98 Å². The number of rotatable bonds is 3. The molecule has 0 radical (unpaired) electrons. The van der Waals surface area contributed by atoms with Crippen LogP contribution in [-0.4, -0.2) is 17.6 Å². The summed E-state index contributed by atoms with van der Waals surface area (Å²) < 4.78 is 5.06. The van der Waals surface area contributed by atoms with E-state index in [1.54, 1.807) is 6.07 Å². The molecule has 0 bridgehead atoms. The first-order valence-corrected chi connectivity index (χ1v) is 7.05. The molecule has 0 amide bonds. The molecule has 1 aromatic heterocycles. The Morgan fingerprint density at radius 2 is 1.90 bits per heavy atom. The molecule has 3 heteroatoms. The number of benzene rings is 2. The van der Waals surface area contributed by atoms with Crippen LogP contribution in [0.5, 0.6) is 0 Å². The van der Waals surface area contributed by atoms with Crippen molar-refractivity contribution in [3.8, 4) is 11.3 Å². The van der Waals surface area contributed by atoms with E-state index < -0.39 is 0 Å². The van der Waals surface area contributed by atoms with Gasteiger partial charge in [0.05, 0.1) is 12.2 Å². The van der Waals surface area contributed by atoms with Gasteiger partial charge in [-0.3, -0.25) is 0 Å². The maximum absolute atomic E-state index is 11.8. The summed E-state index contributed by atoms with van der Waals surface area (Å²) >= 11 is 0. The summed E-state index contributed by atoms with van der Waals surface area (Å²) in [5.41, 5.74) is 4.99. The minimum atomic E-state index is -0.277. The minimum Gasteiger partial charge on any atom is -0.462 e. The van der Waals surface area contributed by atoms with Gasteiger partial charge in [-0.1, -0.05) is 30.3 Å². The third kappa shape index (κ3) is 2.42. The number of aryl methyl sites for hydroxylation is 1. The van der Waals surface area contributed by atoms with E-state index in [1.807, 2.05) is 37.3 Å². The van der Waals surface area contributed by atoms with Gasteiger partial charge in [-0.05, 0) is 43.2 Å². The van der Waals surface area contributed by atoms with Crippen LogP contribution in [0.1, 0.15) is 22.8 Å². The molecule has 2 aromatic carbocycles. The van der Waals surface area contributed by atoms with Gasteiger partial charge in [0.15, 0.2) is 0 Å². The number of hydrogen-bond acceptors (Lipinski definition) is 2. The summed E-state index contributed by atoms with van der Waals surface area (Å²) in [5, 5.41) is 1.06. The highest BCUT2D eigenvalue weighted by Gasteiger charge is 2.12. The molecule has 21 heavy (non-hydrogen) atoms. The van der Waals surface area contributed by atoms with Crippen molar-refractivity contribution in [2.75, 3.05) is 6.61 Å². The highest BCUT2D eigenvalue weighted by Crippen LogP contribution is 2.30. The van der Waals surface area contributed by atoms with Crippen molar-refractivity contribution in [3.05, 3.63) is 59.7 Å². The molecule has 3 nitrogen and oxygen atoms in total. The normalized spacial score (nSPS) is 10.8. The van der Waals surface area contributed by atoms with Crippen LogP contribution < -0.4 is 0 Å². The lowest BCUT2D eigenvalue weighted by atomic mass is 10.1. The maximum atomic E-state index is 11.8. The van der Waals surface area contributed by atoms with Crippen molar-refractivity contribution in [2.45, 2.75) is 13.8 Å². The zero-order valence-corrected chi connectivity index (χ0v) is 12.1. The van der Waals surface area contributed by atoms with Crippen LogP contribution in [0.15, 0.2) is 48.5 Å². The van der Waals surface area contributed by atoms with Crippen LogP contribution in [0.4, 0.5) is 0 Å². The number of fused-ring (bicyclic) bond motifs is 1. The smallest absolute Gasteiger partial charge is 0.338 e. The lowest BCUT2D eigenvalue weighted by molar-refractivity contribution is 0.0526. The van der Waals surface area contributed by atoms with E-state index in [9.17, 15) is 4.79 Å². The molecule has 0 spiro atoms. The van der Waals surface area contributed by atoms with Gasteiger partial charge in [0.2, 0.25) is 0 Å². The molecule has 0 aliphatic carbocycles. The van der Waals surface area contributed by atoms with Crippen LogP contribution in [0.3, 0.4) is 0 Å². The van der Waals surface area contributed by atoms with E-state index in [0.717, 1.165) is 27.7 Å². The Balaban J connectivity index is 2.11. The summed E-state index contributed by atoms with van der Waals surface area (Å²) in [6.07, 6.45) is 0. The molecule has 0 saturated carbocycles. The molecule has 1 heterocycles. The highest BCUT2D eigenvalue weighted by molar-refractivity contribution is 5.98. The lowest BCUT2D eigenvalue weighted by Crippen LogP contribution is -2.04. The van der Waals surface area contributed by atoms with Gasteiger partial charge in [0.25, 0.3) is 0 Å². The van der Waals surface area contributed by atoms with Crippen LogP contribution in [0, 0.1) is 6.92 Å². The van der Waals surface area contributed by atoms with Crippen LogP contribution in [-0.2, 0) is 4.74 Å². The molecular weight excluding hydrogens is 262 g/mol. The molecule has 0 atom stereocenters. The topological polar surface area (TPSA) is 42.1 Å². The van der Waals surface area contributed by atoms with Crippen LogP contribution >= 0.6 is 0 Å². The van der Waals surface area contributed by atoms with Gasteiger partial charge in [-0.2, -0.15) is 0 Å². The monoisotopic (exact) mass is 279 g/mol. The maximum Gasteiger partial charge on any atom is 0.338 e. The average Bonchev–Trinajstić information content (AvgIpc) is 2.85. The number of carbonyl (C=O) groups excluding carboxylic acids is 1. The fourth-order valence-electron chi connectivity index (χ4n) is 2.56. The van der Waals surface area contributed by atoms with Gasteiger partial charge in [-0.25, -0.2) is 4.79 Å². The molecule has 3 rings (SSSR count). The number of aromatic nitrogens is 1. The number of esters is 1. The Bertz CT molecular complexity index is 788. The minimum absolute atomic E-state index is 0.277. The number of hydrogen-bond donors (Lipinski definition) is 1. The van der Waals surface area contributed by atoms with E-state index in [1.165, 1.54) is 0 Å². The van der Waals surface area contributed by atoms with E-state index in [-0.39, 0.29) is 5.97 Å². The number of H-pyrrole nitrogens is 1. The molecule has 106 valence electrons. The van der Waals surface area contributed by atoms with Gasteiger partial charge < -0.3 is 9.72 Å². The van der Waals surface area contributed by atoms with Crippen molar-refractivity contribution in [2.24, 2.45) is 0 Å². The standard InChI is InChI=1S/C18H17NO2/c1-3-21-18(20)14-9-10-16-15(11-14)12(2)17(19-16)13-7-5-4-6-8-13/h4-11,19H,3H2,1-2H3. The van der Waals surface area contributed by atoms with Gasteiger partial charge >= 0.3 is 5.97 Å². The summed E-state index contributed by atoms with van der Waals surface area (Å²) in [5.74, 6) is -0.277. The molecule has 0 fully saturated rings. The fraction of sp³-hybridized carbons (Fsp3) is 0.167. The number of aromatic amines is 1. The van der Waals surface area contributed by atoms with E-state index in [2.05, 4.69) is 24.0 Å². The van der Waals surface area contributed by atoms with Gasteiger partial charge in [0.1, 0.15) is 0 Å². The zero-order valence-electron chi connectivity index (χ0n) is 12.1. The molecule has 0 aliphatic heterocycles. The molecular formula is C18H17NO2. The van der Waals surface area contributed by atoms with Gasteiger partial charge in [0, 0.05) is 16.6 Å². The quantitative estimate of drug-likeness (QED) is 0.725. The molecule has 1 N–H and O–H groups in total. The van der Waals surface area contributed by atoms with Crippen LogP contribution in [0.25, 0.3) is 22.2 Å². The molecule has 0 saturated heterocycles. The molecule has 3 aromatic rings. The Morgan fingerprint density at radius 3 is 2.62 bits per heavy atom. The predicted molar refractivity (Wildman–Crippen MR) is 84.4 cm³/mol. The second-order valence-electron chi connectivity index (χ2n) is 4.97. The van der Waals surface area contributed by atoms with Crippen molar-refractivity contribution in [1.29, 1.82) is 0 Å². The molecule has 0 unspecified atom stereocenters. The first-order chi connectivity index (χ1) is 10.2. The van der Waals surface area contributed by atoms with Crippen molar-refractivity contribution in [3.63, 3.8) is 0 Å². The first kappa shape index (κ1) is 13.4. The third-order valence-electron chi connectivity index (χ3n) is 3.63. The third-order valence-corrected chi connectivity index (χ3v) is 3.63. The Kier molecular flexibility index (Phi) is 3.48.